The third-order valence-corrected chi connectivity index (χ3v) is 34.8. The molecule has 0 fully saturated rings. The van der Waals surface area contributed by atoms with E-state index in [1.807, 2.05) is 0 Å². The molecule has 62 heavy (non-hydrogen) atoms. The number of allylic oxidation sites excluding steroid dienone is 8. The zero-order valence-electron chi connectivity index (χ0n) is 40.9. The molecule has 0 nitrogen and oxygen atoms in total. The topological polar surface area (TPSA) is 0 Å². The Balaban J connectivity index is 0.000000227. The van der Waals surface area contributed by atoms with Gasteiger partial charge in [0, 0.05) is 0 Å². The maximum absolute atomic E-state index is 2.62. The Morgan fingerprint density at radius 3 is 1.06 bits per heavy atom. The predicted octanol–water partition coefficient (Wildman–Crippen LogP) is 15.1. The number of fused-ring (bicyclic) bond motifs is 6. The van der Waals surface area contributed by atoms with E-state index in [1.165, 1.54) is 57.3 Å². The second-order valence-corrected chi connectivity index (χ2v) is 43.6. The minimum Gasteiger partial charge on any atom is -0.147 e. The Hall–Kier alpha value is -2.10. The van der Waals surface area contributed by atoms with Crippen molar-refractivity contribution in [3.8, 4) is 22.3 Å². The molecule has 0 radical (unpaired) electrons. The fraction of sp³-hybridized carbons (Fsp3) is 0.414. The van der Waals surface area contributed by atoms with E-state index in [2.05, 4.69) is 208 Å². The summed E-state index contributed by atoms with van der Waals surface area (Å²) in [7, 11) is 0. The van der Waals surface area contributed by atoms with Crippen LogP contribution in [0.25, 0.3) is 22.3 Å². The van der Waals surface area contributed by atoms with Crippen molar-refractivity contribution in [1.29, 1.82) is 0 Å². The van der Waals surface area contributed by atoms with E-state index in [0.29, 0.717) is 0 Å². The van der Waals surface area contributed by atoms with Crippen LogP contribution in [-0.4, -0.2) is 6.51 Å². The van der Waals surface area contributed by atoms with Gasteiger partial charge in [-0.25, -0.2) is 0 Å². The van der Waals surface area contributed by atoms with Crippen molar-refractivity contribution in [2.24, 2.45) is 0 Å². The average molecular weight is 1200 g/mol. The first-order valence-corrected chi connectivity index (χ1v) is 33.4. The molecular formula is C58H74Cl2Hf2. The minimum atomic E-state index is -2.27. The predicted molar refractivity (Wildman–Crippen MR) is 274 cm³/mol. The summed E-state index contributed by atoms with van der Waals surface area (Å²) in [5, 5.41) is 0. The Labute approximate surface area is 404 Å². The van der Waals surface area contributed by atoms with Gasteiger partial charge in [-0.05, 0) is 0 Å². The minimum absolute atomic E-state index is 0. The van der Waals surface area contributed by atoms with Gasteiger partial charge < -0.3 is 0 Å². The van der Waals surface area contributed by atoms with Gasteiger partial charge in [0.25, 0.3) is 0 Å². The van der Waals surface area contributed by atoms with Crippen molar-refractivity contribution in [1.82, 2.24) is 0 Å². The van der Waals surface area contributed by atoms with E-state index in [4.69, 9.17) is 0 Å². The van der Waals surface area contributed by atoms with E-state index in [9.17, 15) is 0 Å². The van der Waals surface area contributed by atoms with Crippen LogP contribution in [0.2, 0.25) is 0 Å². The molecule has 0 atom stereocenters. The zero-order chi connectivity index (χ0) is 43.7. The van der Waals surface area contributed by atoms with E-state index in [-0.39, 0.29) is 46.5 Å². The van der Waals surface area contributed by atoms with Gasteiger partial charge in [0.15, 0.2) is 0 Å². The van der Waals surface area contributed by atoms with Crippen LogP contribution in [0.4, 0.5) is 0 Å². The molecule has 8 rings (SSSR count). The smallest absolute Gasteiger partial charge is 0.147 e. The second-order valence-electron chi connectivity index (χ2n) is 22.5. The molecule has 0 aromatic heterocycles. The molecule has 4 aliphatic rings. The molecule has 0 spiro atoms. The quantitative estimate of drug-likeness (QED) is 0.154. The fourth-order valence-electron chi connectivity index (χ4n) is 10.1. The van der Waals surface area contributed by atoms with E-state index < -0.39 is 41.9 Å². The van der Waals surface area contributed by atoms with Gasteiger partial charge in [-0.2, -0.15) is 0 Å². The van der Waals surface area contributed by atoms with E-state index in [1.54, 1.807) is 42.1 Å². The van der Waals surface area contributed by atoms with Gasteiger partial charge in [-0.1, -0.05) is 0 Å². The molecule has 0 unspecified atom stereocenters. The third kappa shape index (κ3) is 10.2. The van der Waals surface area contributed by atoms with Crippen LogP contribution >= 0.6 is 24.8 Å². The van der Waals surface area contributed by atoms with E-state index >= 15 is 0 Å². The molecule has 328 valence electrons. The van der Waals surface area contributed by atoms with Gasteiger partial charge in [-0.3, -0.25) is 0 Å². The monoisotopic (exact) mass is 1200 g/mol. The molecule has 0 saturated heterocycles. The molecule has 0 bridgehead atoms. The number of rotatable bonds is 4. The Morgan fingerprint density at radius 2 is 0.790 bits per heavy atom. The average Bonchev–Trinajstić information content (AvgIpc) is 3.97. The van der Waals surface area contributed by atoms with Gasteiger partial charge >= 0.3 is 384 Å². The zero-order valence-corrected chi connectivity index (χ0v) is 49.7. The summed E-state index contributed by atoms with van der Waals surface area (Å²) >= 11 is -4.53. The fourth-order valence-corrected chi connectivity index (χ4v) is 31.2. The molecule has 4 heteroatoms. The standard InChI is InChI=1S/2C21H25.2C5H5.2C3H6.2ClH.2Hf/c2*1-20(2,3)15-11-10-14-12-18-16(17(14)13-15)8-7-9-19(18)21(4,5)6;2*1-2-4-5-3-1;2*1-3-2;;;;/h2*7-9,11,13H,12H2,1-6H3;2*1-3H,4H2;2*1-2H3;2*1H;;. The summed E-state index contributed by atoms with van der Waals surface area (Å²) in [6, 6.07) is 24.3. The van der Waals surface area contributed by atoms with Crippen LogP contribution < -0.4 is 6.64 Å². The summed E-state index contributed by atoms with van der Waals surface area (Å²) in [5.41, 5.74) is 19.2. The molecule has 4 aliphatic carbocycles. The first kappa shape index (κ1) is 50.9. The van der Waals surface area contributed by atoms with Gasteiger partial charge in [0.1, 0.15) is 0 Å². The second kappa shape index (κ2) is 19.0. The van der Waals surface area contributed by atoms with Crippen LogP contribution in [0.3, 0.4) is 0 Å². The van der Waals surface area contributed by atoms with Crippen molar-refractivity contribution in [2.45, 2.75) is 158 Å². The third-order valence-electron chi connectivity index (χ3n) is 13.2. The molecule has 0 amide bonds. The van der Waals surface area contributed by atoms with Crippen LogP contribution in [0.5, 0.6) is 0 Å². The normalized spacial score (nSPS) is 14.6. The summed E-state index contributed by atoms with van der Waals surface area (Å²) in [5.74, 6) is 0. The van der Waals surface area contributed by atoms with Crippen molar-refractivity contribution in [3.05, 3.63) is 148 Å². The van der Waals surface area contributed by atoms with Crippen LogP contribution in [0.15, 0.2) is 104 Å². The number of hydrogen-bond donors (Lipinski definition) is 0. The summed E-state index contributed by atoms with van der Waals surface area (Å²) in [6.45, 7) is 37.9. The van der Waals surface area contributed by atoms with Gasteiger partial charge in [-0.15, -0.1) is 24.8 Å². The molecule has 0 N–H and O–H groups in total. The first-order valence-electron chi connectivity index (χ1n) is 22.6. The molecule has 0 aliphatic heterocycles. The van der Waals surface area contributed by atoms with Crippen molar-refractivity contribution >= 4 is 38.0 Å². The van der Waals surface area contributed by atoms with Gasteiger partial charge in [0.05, 0.1) is 0 Å². The number of halogens is 2. The SMILES string of the molecule is C[C](C)=[Hf]([C]1=CC=CC1)[c]1cc(C(C)(C)C)cc2c1Cc1c-2cccc1C(C)(C)C.C[C](C)=[Hf]([C]1=CC=CC1)[c]1cc(C(C)(C)C)cc2c1Cc1c-2cccc1C(C)(C)C.Cl.Cl. The van der Waals surface area contributed by atoms with E-state index in [0.717, 1.165) is 12.8 Å². The van der Waals surface area contributed by atoms with Crippen LogP contribution in [0, 0.1) is 0 Å². The van der Waals surface area contributed by atoms with Crippen LogP contribution in [-0.2, 0) is 76.4 Å². The Kier molecular flexibility index (Phi) is 15.6. The number of hydrogen-bond acceptors (Lipinski definition) is 0. The molecule has 0 heterocycles. The van der Waals surface area contributed by atoms with Crippen molar-refractivity contribution in [2.75, 3.05) is 0 Å². The Bertz CT molecular complexity index is 2400. The maximum atomic E-state index is 2.62. The van der Waals surface area contributed by atoms with Crippen LogP contribution in [0.1, 0.15) is 168 Å². The number of benzene rings is 4. The molecule has 0 saturated carbocycles. The summed E-state index contributed by atoms with van der Waals surface area (Å²) in [6.07, 6.45) is 18.7. The molecule has 4 aromatic carbocycles. The largest absolute Gasteiger partial charge is 0.147 e. The summed E-state index contributed by atoms with van der Waals surface area (Å²) < 4.78 is 10.4. The molecule has 4 aromatic rings. The van der Waals surface area contributed by atoms with Crippen molar-refractivity contribution < 1.29 is 41.9 Å². The Morgan fingerprint density at radius 1 is 0.435 bits per heavy atom. The molecular weight excluding hydrogens is 1120 g/mol. The van der Waals surface area contributed by atoms with Gasteiger partial charge in [0.2, 0.25) is 0 Å². The first-order chi connectivity index (χ1) is 28.0. The van der Waals surface area contributed by atoms with Crippen molar-refractivity contribution in [3.63, 3.8) is 0 Å². The maximum Gasteiger partial charge on any atom is -0.147 e. The summed E-state index contributed by atoms with van der Waals surface area (Å²) in [4.78, 5) is 0.